The van der Waals surface area contributed by atoms with Crippen molar-refractivity contribution < 1.29 is 13.2 Å². The monoisotopic (exact) mass is 341 g/mol. The molecule has 4 heteroatoms. The molecule has 1 aliphatic rings. The minimum Gasteiger partial charge on any atom is -0.464 e. The van der Waals surface area contributed by atoms with Gasteiger partial charge in [0.05, 0.1) is 11.6 Å². The lowest BCUT2D eigenvalue weighted by atomic mass is 9.80. The van der Waals surface area contributed by atoms with Crippen LogP contribution in [-0.2, 0) is 6.54 Å². The van der Waals surface area contributed by atoms with Crippen molar-refractivity contribution in [3.05, 3.63) is 71.5 Å². The Kier molecular flexibility index (Phi) is 4.30. The van der Waals surface area contributed by atoms with Gasteiger partial charge in [-0.2, -0.15) is 0 Å². The molecule has 0 radical (unpaired) electrons. The number of furan rings is 1. The zero-order chi connectivity index (χ0) is 17.4. The molecule has 0 aliphatic carbocycles. The van der Waals surface area contributed by atoms with Crippen LogP contribution in [0.2, 0.25) is 0 Å². The Morgan fingerprint density at radius 1 is 1.12 bits per heavy atom. The number of benzene rings is 2. The normalized spacial score (nSPS) is 21.7. The van der Waals surface area contributed by atoms with Crippen LogP contribution in [0.25, 0.3) is 11.0 Å². The first-order valence-corrected chi connectivity index (χ1v) is 8.75. The molecule has 25 heavy (non-hydrogen) atoms. The van der Waals surface area contributed by atoms with Crippen molar-refractivity contribution in [3.63, 3.8) is 0 Å². The highest BCUT2D eigenvalue weighted by molar-refractivity contribution is 5.81. The van der Waals surface area contributed by atoms with Gasteiger partial charge in [-0.25, -0.2) is 8.78 Å². The van der Waals surface area contributed by atoms with Crippen molar-refractivity contribution in [2.24, 2.45) is 5.92 Å². The van der Waals surface area contributed by atoms with Gasteiger partial charge in [-0.05, 0) is 36.4 Å². The first-order chi connectivity index (χ1) is 12.1. The van der Waals surface area contributed by atoms with Gasteiger partial charge in [0.1, 0.15) is 17.2 Å². The lowest BCUT2D eigenvalue weighted by Gasteiger charge is -2.37. The van der Waals surface area contributed by atoms with Crippen LogP contribution in [0.15, 0.2) is 53.1 Å². The van der Waals surface area contributed by atoms with E-state index >= 15 is 0 Å². The lowest BCUT2D eigenvalue weighted by Crippen LogP contribution is -2.38. The topological polar surface area (TPSA) is 16.4 Å². The summed E-state index contributed by atoms with van der Waals surface area (Å²) in [6.45, 7) is 4.82. The van der Waals surface area contributed by atoms with E-state index in [9.17, 15) is 8.78 Å². The molecule has 1 saturated heterocycles. The molecule has 130 valence electrons. The molecule has 0 unspecified atom stereocenters. The smallest absolute Gasteiger partial charge is 0.143 e. The second-order valence-corrected chi connectivity index (χ2v) is 7.01. The SMILES string of the molecule is C[C@@H]1CN(Cc2ccccc2)CC[C@@H]1c1c(F)cc(F)c2ccoc12. The van der Waals surface area contributed by atoms with E-state index in [1.54, 1.807) is 6.07 Å². The van der Waals surface area contributed by atoms with Gasteiger partial charge in [0.15, 0.2) is 0 Å². The fourth-order valence-corrected chi connectivity index (χ4v) is 4.07. The Morgan fingerprint density at radius 2 is 1.92 bits per heavy atom. The third kappa shape index (κ3) is 3.07. The standard InChI is InChI=1S/C21H21F2NO/c1-14-12-24(13-15-5-3-2-4-6-15)9-7-16(14)20-19(23)11-18(22)17-8-10-25-21(17)20/h2-6,8,10-11,14,16H,7,9,12-13H2,1H3/t14-,16+/m1/s1. The second-order valence-electron chi connectivity index (χ2n) is 7.01. The Morgan fingerprint density at radius 3 is 2.68 bits per heavy atom. The molecule has 2 aromatic carbocycles. The van der Waals surface area contributed by atoms with Gasteiger partial charge in [0.2, 0.25) is 0 Å². The van der Waals surface area contributed by atoms with Crippen molar-refractivity contribution >= 4 is 11.0 Å². The quantitative estimate of drug-likeness (QED) is 0.640. The van der Waals surface area contributed by atoms with E-state index in [-0.39, 0.29) is 11.8 Å². The number of nitrogens with zero attached hydrogens (tertiary/aromatic N) is 1. The van der Waals surface area contributed by atoms with Crippen LogP contribution in [0.5, 0.6) is 0 Å². The number of hydrogen-bond donors (Lipinski definition) is 0. The molecule has 1 fully saturated rings. The van der Waals surface area contributed by atoms with E-state index in [0.29, 0.717) is 16.5 Å². The number of hydrogen-bond acceptors (Lipinski definition) is 2. The summed E-state index contributed by atoms with van der Waals surface area (Å²) in [4.78, 5) is 2.40. The van der Waals surface area contributed by atoms with Crippen molar-refractivity contribution in [2.75, 3.05) is 13.1 Å². The van der Waals surface area contributed by atoms with Gasteiger partial charge in [0, 0.05) is 24.7 Å². The van der Waals surface area contributed by atoms with Crippen LogP contribution < -0.4 is 0 Å². The van der Waals surface area contributed by atoms with Gasteiger partial charge in [-0.3, -0.25) is 4.90 Å². The fourth-order valence-electron chi connectivity index (χ4n) is 4.07. The molecule has 2 atom stereocenters. The number of rotatable bonds is 3. The fraction of sp³-hybridized carbons (Fsp3) is 0.333. The minimum absolute atomic E-state index is 0.0428. The van der Waals surface area contributed by atoms with Gasteiger partial charge in [0.25, 0.3) is 0 Å². The average molecular weight is 341 g/mol. The number of piperidine rings is 1. The molecule has 1 aromatic heterocycles. The largest absolute Gasteiger partial charge is 0.464 e. The summed E-state index contributed by atoms with van der Waals surface area (Å²) in [5.41, 5.74) is 2.19. The van der Waals surface area contributed by atoms with Crippen LogP contribution in [0.4, 0.5) is 8.78 Å². The predicted octanol–water partition coefficient (Wildman–Crippen LogP) is 5.34. The summed E-state index contributed by atoms with van der Waals surface area (Å²) < 4.78 is 33.9. The Hall–Kier alpha value is -2.20. The van der Waals surface area contributed by atoms with Crippen LogP contribution in [-0.4, -0.2) is 18.0 Å². The lowest BCUT2D eigenvalue weighted by molar-refractivity contribution is 0.154. The summed E-state index contributed by atoms with van der Waals surface area (Å²) in [6.07, 6.45) is 2.28. The highest BCUT2D eigenvalue weighted by Gasteiger charge is 2.32. The average Bonchev–Trinajstić information content (AvgIpc) is 3.07. The van der Waals surface area contributed by atoms with Gasteiger partial charge < -0.3 is 4.42 Å². The summed E-state index contributed by atoms with van der Waals surface area (Å²) in [5, 5.41) is 0.371. The predicted molar refractivity (Wildman–Crippen MR) is 94.4 cm³/mol. The molecule has 0 spiro atoms. The first-order valence-electron chi connectivity index (χ1n) is 8.75. The van der Waals surface area contributed by atoms with E-state index in [4.69, 9.17) is 4.42 Å². The molecule has 0 saturated carbocycles. The Labute approximate surface area is 146 Å². The van der Waals surface area contributed by atoms with Gasteiger partial charge in [-0.15, -0.1) is 0 Å². The molecule has 0 bridgehead atoms. The van der Waals surface area contributed by atoms with E-state index in [1.807, 2.05) is 18.2 Å². The number of likely N-dealkylation sites (tertiary alicyclic amines) is 1. The van der Waals surface area contributed by atoms with Gasteiger partial charge in [-0.1, -0.05) is 37.3 Å². The van der Waals surface area contributed by atoms with Crippen molar-refractivity contribution in [1.82, 2.24) is 4.90 Å². The Bertz CT molecular complexity index is 874. The maximum atomic E-state index is 14.5. The summed E-state index contributed by atoms with van der Waals surface area (Å²) >= 11 is 0. The third-order valence-corrected chi connectivity index (χ3v) is 5.29. The molecule has 0 amide bonds. The number of fused-ring (bicyclic) bond motifs is 1. The highest BCUT2D eigenvalue weighted by Crippen LogP contribution is 2.39. The molecule has 3 aromatic rings. The minimum atomic E-state index is -0.556. The van der Waals surface area contributed by atoms with Crippen LogP contribution in [0.3, 0.4) is 0 Å². The summed E-state index contributed by atoms with van der Waals surface area (Å²) in [7, 11) is 0. The molecule has 0 N–H and O–H groups in total. The molecule has 4 rings (SSSR count). The summed E-state index contributed by atoms with van der Waals surface area (Å²) in [6, 6.07) is 12.9. The van der Waals surface area contributed by atoms with E-state index in [0.717, 1.165) is 32.1 Å². The van der Waals surface area contributed by atoms with Crippen molar-refractivity contribution in [2.45, 2.75) is 25.8 Å². The summed E-state index contributed by atoms with van der Waals surface area (Å²) in [5.74, 6) is -0.737. The Balaban J connectivity index is 1.57. The maximum absolute atomic E-state index is 14.5. The van der Waals surface area contributed by atoms with E-state index in [2.05, 4.69) is 24.0 Å². The molecular weight excluding hydrogens is 320 g/mol. The molecule has 2 nitrogen and oxygen atoms in total. The van der Waals surface area contributed by atoms with E-state index < -0.39 is 11.6 Å². The van der Waals surface area contributed by atoms with Crippen molar-refractivity contribution in [1.29, 1.82) is 0 Å². The third-order valence-electron chi connectivity index (χ3n) is 5.29. The van der Waals surface area contributed by atoms with Gasteiger partial charge >= 0.3 is 0 Å². The molecule has 1 aliphatic heterocycles. The maximum Gasteiger partial charge on any atom is 0.143 e. The zero-order valence-corrected chi connectivity index (χ0v) is 14.2. The second kappa shape index (κ2) is 6.60. The van der Waals surface area contributed by atoms with Crippen LogP contribution in [0, 0.1) is 17.6 Å². The highest BCUT2D eigenvalue weighted by atomic mass is 19.1. The van der Waals surface area contributed by atoms with E-state index in [1.165, 1.54) is 11.8 Å². The molecular formula is C21H21F2NO. The zero-order valence-electron chi connectivity index (χ0n) is 14.2. The van der Waals surface area contributed by atoms with Crippen molar-refractivity contribution in [3.8, 4) is 0 Å². The number of halogens is 2. The molecule has 2 heterocycles. The van der Waals surface area contributed by atoms with Crippen LogP contribution >= 0.6 is 0 Å². The van der Waals surface area contributed by atoms with Crippen LogP contribution in [0.1, 0.15) is 30.4 Å². The first kappa shape index (κ1) is 16.3.